The van der Waals surface area contributed by atoms with Crippen LogP contribution in [0.4, 0.5) is 8.78 Å². The van der Waals surface area contributed by atoms with E-state index in [2.05, 4.69) is 6.07 Å². The van der Waals surface area contributed by atoms with E-state index >= 15 is 0 Å². The highest BCUT2D eigenvalue weighted by atomic mass is 19.1. The SMILES string of the molecule is O=C(c1ccc(F)cc1)N1N=C2c3ccccc3CC[C@@H]2[C@@H]1c1ccc(F)cc1. The van der Waals surface area contributed by atoms with Crippen molar-refractivity contribution in [3.63, 3.8) is 0 Å². The Bertz CT molecular complexity index is 1110. The highest BCUT2D eigenvalue weighted by Crippen LogP contribution is 2.43. The first-order valence-electron chi connectivity index (χ1n) is 9.63. The van der Waals surface area contributed by atoms with Gasteiger partial charge in [-0.25, -0.2) is 13.8 Å². The van der Waals surface area contributed by atoms with E-state index < -0.39 is 5.82 Å². The number of hydrogen-bond donors (Lipinski definition) is 0. The monoisotopic (exact) mass is 388 g/mol. The first kappa shape index (κ1) is 17.7. The Morgan fingerprint density at radius 1 is 0.897 bits per heavy atom. The minimum atomic E-state index is -0.396. The molecule has 3 aromatic rings. The zero-order valence-electron chi connectivity index (χ0n) is 15.6. The Morgan fingerprint density at radius 3 is 2.28 bits per heavy atom. The first-order valence-corrected chi connectivity index (χ1v) is 9.63. The quantitative estimate of drug-likeness (QED) is 0.599. The maximum atomic E-state index is 13.5. The molecule has 3 aromatic carbocycles. The average Bonchev–Trinajstić information content (AvgIpc) is 3.14. The lowest BCUT2D eigenvalue weighted by Gasteiger charge is -2.29. The third kappa shape index (κ3) is 3.03. The third-order valence-electron chi connectivity index (χ3n) is 5.74. The summed E-state index contributed by atoms with van der Waals surface area (Å²) in [6.07, 6.45) is 1.75. The van der Waals surface area contributed by atoms with Crippen molar-refractivity contribution in [3.8, 4) is 0 Å². The summed E-state index contributed by atoms with van der Waals surface area (Å²) in [5.41, 5.74) is 4.37. The van der Waals surface area contributed by atoms with Gasteiger partial charge in [0.05, 0.1) is 11.8 Å². The molecule has 0 bridgehead atoms. The van der Waals surface area contributed by atoms with Crippen LogP contribution in [-0.4, -0.2) is 16.6 Å². The van der Waals surface area contributed by atoms with Crippen LogP contribution in [-0.2, 0) is 6.42 Å². The fourth-order valence-electron chi connectivity index (χ4n) is 4.35. The van der Waals surface area contributed by atoms with E-state index in [1.54, 1.807) is 12.1 Å². The van der Waals surface area contributed by atoms with Gasteiger partial charge in [0.25, 0.3) is 5.91 Å². The molecular formula is C24H18F2N2O. The van der Waals surface area contributed by atoms with Crippen molar-refractivity contribution in [2.24, 2.45) is 11.0 Å². The molecule has 5 rings (SSSR count). The van der Waals surface area contributed by atoms with E-state index in [-0.39, 0.29) is 23.7 Å². The van der Waals surface area contributed by atoms with E-state index in [1.165, 1.54) is 47.0 Å². The number of aryl methyl sites for hydroxylation is 1. The Balaban J connectivity index is 1.61. The fourth-order valence-corrected chi connectivity index (χ4v) is 4.35. The molecule has 3 nitrogen and oxygen atoms in total. The Labute approximate surface area is 167 Å². The van der Waals surface area contributed by atoms with Crippen LogP contribution in [0, 0.1) is 17.6 Å². The fraction of sp³-hybridized carbons (Fsp3) is 0.167. The van der Waals surface area contributed by atoms with Gasteiger partial charge in [-0.15, -0.1) is 0 Å². The number of carbonyl (C=O) groups excluding carboxylic acids is 1. The highest BCUT2D eigenvalue weighted by molar-refractivity contribution is 6.08. The molecule has 2 aliphatic rings. The molecule has 0 unspecified atom stereocenters. The lowest BCUT2D eigenvalue weighted by atomic mass is 9.77. The van der Waals surface area contributed by atoms with Gasteiger partial charge in [-0.05, 0) is 60.4 Å². The zero-order chi connectivity index (χ0) is 20.0. The maximum absolute atomic E-state index is 13.5. The molecule has 0 saturated carbocycles. The largest absolute Gasteiger partial charge is 0.274 e. The molecule has 1 aliphatic carbocycles. The lowest BCUT2D eigenvalue weighted by Crippen LogP contribution is -2.32. The van der Waals surface area contributed by atoms with Crippen molar-refractivity contribution in [1.82, 2.24) is 5.01 Å². The number of carbonyl (C=O) groups is 1. The second-order valence-electron chi connectivity index (χ2n) is 7.44. The maximum Gasteiger partial charge on any atom is 0.274 e. The molecule has 0 radical (unpaired) electrons. The van der Waals surface area contributed by atoms with Crippen LogP contribution in [0.1, 0.15) is 39.5 Å². The van der Waals surface area contributed by atoms with Crippen LogP contribution in [0.3, 0.4) is 0 Å². The predicted octanol–water partition coefficient (Wildman–Crippen LogP) is 5.13. The standard InChI is InChI=1S/C24H18F2N2O/c25-18-10-5-16(6-11-18)23-21-14-9-15-3-1-2-4-20(15)22(21)27-28(23)24(29)17-7-12-19(26)13-8-17/h1-8,10-13,21,23H,9,14H2/t21-,23-/m0/s1. The van der Waals surface area contributed by atoms with Crippen LogP contribution in [0.15, 0.2) is 77.9 Å². The minimum Gasteiger partial charge on any atom is -0.267 e. The van der Waals surface area contributed by atoms with Crippen LogP contribution >= 0.6 is 0 Å². The number of hydrogen-bond acceptors (Lipinski definition) is 2. The molecule has 144 valence electrons. The molecule has 5 heteroatoms. The number of rotatable bonds is 2. The summed E-state index contributed by atoms with van der Waals surface area (Å²) in [5, 5.41) is 6.23. The van der Waals surface area contributed by atoms with Gasteiger partial charge in [-0.1, -0.05) is 36.4 Å². The van der Waals surface area contributed by atoms with Gasteiger partial charge in [0, 0.05) is 17.0 Å². The second kappa shape index (κ2) is 6.92. The van der Waals surface area contributed by atoms with Crippen LogP contribution in [0.25, 0.3) is 0 Å². The van der Waals surface area contributed by atoms with Crippen molar-refractivity contribution in [1.29, 1.82) is 0 Å². The molecule has 1 amide bonds. The Kier molecular flexibility index (Phi) is 4.23. The topological polar surface area (TPSA) is 32.7 Å². The van der Waals surface area contributed by atoms with E-state index in [0.29, 0.717) is 5.56 Å². The number of nitrogens with zero attached hydrogens (tertiary/aromatic N) is 2. The molecule has 1 heterocycles. The zero-order valence-corrected chi connectivity index (χ0v) is 15.6. The first-order chi connectivity index (χ1) is 14.1. The van der Waals surface area contributed by atoms with Gasteiger partial charge in [0.2, 0.25) is 0 Å². The van der Waals surface area contributed by atoms with Crippen molar-refractivity contribution in [3.05, 3.63) is 107 Å². The van der Waals surface area contributed by atoms with Gasteiger partial charge < -0.3 is 0 Å². The third-order valence-corrected chi connectivity index (χ3v) is 5.74. The number of fused-ring (bicyclic) bond motifs is 3. The summed E-state index contributed by atoms with van der Waals surface area (Å²) in [6, 6.07) is 19.5. The van der Waals surface area contributed by atoms with Gasteiger partial charge in [-0.2, -0.15) is 5.10 Å². The molecule has 0 fully saturated rings. The molecule has 29 heavy (non-hydrogen) atoms. The summed E-state index contributed by atoms with van der Waals surface area (Å²) in [6.45, 7) is 0. The van der Waals surface area contributed by atoms with Crippen molar-refractivity contribution in [2.75, 3.05) is 0 Å². The number of benzene rings is 3. The highest BCUT2D eigenvalue weighted by Gasteiger charge is 2.44. The Morgan fingerprint density at radius 2 is 1.55 bits per heavy atom. The van der Waals surface area contributed by atoms with Crippen molar-refractivity contribution in [2.45, 2.75) is 18.9 Å². The summed E-state index contributed by atoms with van der Waals surface area (Å²) in [7, 11) is 0. The minimum absolute atomic E-state index is 0.0276. The van der Waals surface area contributed by atoms with Gasteiger partial charge >= 0.3 is 0 Å². The van der Waals surface area contributed by atoms with E-state index in [0.717, 1.165) is 29.7 Å². The number of amides is 1. The van der Waals surface area contributed by atoms with Gasteiger partial charge in [0.15, 0.2) is 0 Å². The Hall–Kier alpha value is -3.34. The summed E-state index contributed by atoms with van der Waals surface area (Å²) >= 11 is 0. The lowest BCUT2D eigenvalue weighted by molar-refractivity contribution is 0.0681. The molecule has 0 aromatic heterocycles. The van der Waals surface area contributed by atoms with E-state index in [4.69, 9.17) is 5.10 Å². The summed E-state index contributed by atoms with van der Waals surface area (Å²) in [4.78, 5) is 13.3. The van der Waals surface area contributed by atoms with Gasteiger partial charge in [-0.3, -0.25) is 4.79 Å². The average molecular weight is 388 g/mol. The molecule has 2 atom stereocenters. The molecular weight excluding hydrogens is 370 g/mol. The van der Waals surface area contributed by atoms with E-state index in [1.807, 2.05) is 18.2 Å². The van der Waals surface area contributed by atoms with Crippen molar-refractivity contribution >= 4 is 11.6 Å². The van der Waals surface area contributed by atoms with Gasteiger partial charge in [0.1, 0.15) is 11.6 Å². The summed E-state index contributed by atoms with van der Waals surface area (Å²) < 4.78 is 26.8. The molecule has 1 aliphatic heterocycles. The normalized spacial score (nSPS) is 20.1. The smallest absolute Gasteiger partial charge is 0.267 e. The van der Waals surface area contributed by atoms with Crippen LogP contribution in [0.5, 0.6) is 0 Å². The summed E-state index contributed by atoms with van der Waals surface area (Å²) in [5.74, 6) is -0.983. The van der Waals surface area contributed by atoms with Crippen molar-refractivity contribution < 1.29 is 13.6 Å². The molecule has 0 spiro atoms. The van der Waals surface area contributed by atoms with E-state index in [9.17, 15) is 13.6 Å². The van der Waals surface area contributed by atoms with Crippen LogP contribution in [0.2, 0.25) is 0 Å². The second-order valence-corrected chi connectivity index (χ2v) is 7.44. The van der Waals surface area contributed by atoms with Crippen LogP contribution < -0.4 is 0 Å². The molecule has 0 saturated heterocycles. The predicted molar refractivity (Wildman–Crippen MR) is 107 cm³/mol. The molecule has 0 N–H and O–H groups in total. The number of halogens is 2. The number of hydrazone groups is 1.